The van der Waals surface area contributed by atoms with Crippen LogP contribution < -0.4 is 0 Å². The zero-order chi connectivity index (χ0) is 8.77. The van der Waals surface area contributed by atoms with E-state index in [0.717, 1.165) is 19.5 Å². The summed E-state index contributed by atoms with van der Waals surface area (Å²) in [5.41, 5.74) is 0. The largest absolute Gasteiger partial charge is 0.432 e. The Hall–Kier alpha value is -0.610. The van der Waals surface area contributed by atoms with Gasteiger partial charge in [-0.15, -0.1) is 0 Å². The molecule has 4 heteroatoms. The van der Waals surface area contributed by atoms with Crippen LogP contribution in [-0.2, 0) is 9.53 Å². The lowest BCUT2D eigenvalue weighted by Gasteiger charge is -2.30. The average molecular weight is 171 g/mol. The maximum Gasteiger partial charge on any atom is 0.305 e. The first kappa shape index (κ1) is 8.01. The number of fused-ring (bicyclic) bond motifs is 2. The van der Waals surface area contributed by atoms with Crippen LogP contribution in [0.5, 0.6) is 0 Å². The molecule has 4 nitrogen and oxygen atoms in total. The minimum absolute atomic E-state index is 0.126. The van der Waals surface area contributed by atoms with Gasteiger partial charge in [-0.25, -0.2) is 0 Å². The van der Waals surface area contributed by atoms with Crippen molar-refractivity contribution in [1.82, 2.24) is 4.90 Å². The van der Waals surface area contributed by atoms with Crippen LogP contribution >= 0.6 is 0 Å². The highest BCUT2D eigenvalue weighted by atomic mass is 16.7. The average Bonchev–Trinajstić information content (AvgIpc) is 2.42. The molecule has 2 aliphatic rings. The third-order valence-corrected chi connectivity index (χ3v) is 2.68. The van der Waals surface area contributed by atoms with Crippen LogP contribution in [0.4, 0.5) is 0 Å². The van der Waals surface area contributed by atoms with E-state index < -0.39 is 11.8 Å². The monoisotopic (exact) mass is 171 g/mol. The summed E-state index contributed by atoms with van der Waals surface area (Å²) >= 11 is 0. The number of carbonyl (C=O) groups is 1. The maximum atomic E-state index is 10.7. The van der Waals surface area contributed by atoms with E-state index in [2.05, 4.69) is 4.90 Å². The molecule has 0 aliphatic carbocycles. The van der Waals surface area contributed by atoms with Crippen molar-refractivity contribution in [3.63, 3.8) is 0 Å². The maximum absolute atomic E-state index is 10.7. The zero-order valence-electron chi connectivity index (χ0n) is 7.12. The fourth-order valence-electron chi connectivity index (χ4n) is 2.16. The second-order valence-electron chi connectivity index (χ2n) is 3.66. The van der Waals surface area contributed by atoms with Gasteiger partial charge in [0, 0.05) is 19.4 Å². The lowest BCUT2D eigenvalue weighted by Crippen LogP contribution is -2.45. The molecule has 2 fully saturated rings. The van der Waals surface area contributed by atoms with E-state index >= 15 is 0 Å². The molecule has 2 bridgehead atoms. The molecule has 1 N–H and O–H groups in total. The van der Waals surface area contributed by atoms with Crippen molar-refractivity contribution in [1.29, 1.82) is 0 Å². The van der Waals surface area contributed by atoms with E-state index in [-0.39, 0.29) is 5.92 Å². The van der Waals surface area contributed by atoms with E-state index in [1.54, 1.807) is 0 Å². The molecule has 2 aliphatic heterocycles. The number of rotatable bonds is 1. The summed E-state index contributed by atoms with van der Waals surface area (Å²) in [5.74, 6) is -1.46. The molecule has 0 aromatic heterocycles. The molecular formula is C8H13NO3. The van der Waals surface area contributed by atoms with Crippen molar-refractivity contribution >= 4 is 5.97 Å². The first-order valence-electron chi connectivity index (χ1n) is 4.24. The van der Waals surface area contributed by atoms with Gasteiger partial charge in [-0.05, 0) is 13.0 Å². The Balaban J connectivity index is 2.07. The van der Waals surface area contributed by atoms with E-state index in [1.807, 2.05) is 0 Å². The van der Waals surface area contributed by atoms with Crippen LogP contribution in [0.2, 0.25) is 0 Å². The Morgan fingerprint density at radius 3 is 2.92 bits per heavy atom. The van der Waals surface area contributed by atoms with Gasteiger partial charge in [0.05, 0.1) is 6.54 Å². The van der Waals surface area contributed by atoms with Crippen LogP contribution in [0.1, 0.15) is 13.3 Å². The van der Waals surface area contributed by atoms with Gasteiger partial charge in [0.15, 0.2) is 0 Å². The van der Waals surface area contributed by atoms with E-state index in [1.165, 1.54) is 6.92 Å². The third kappa shape index (κ3) is 1.11. The highest BCUT2D eigenvalue weighted by molar-refractivity contribution is 5.66. The third-order valence-electron chi connectivity index (χ3n) is 2.68. The van der Waals surface area contributed by atoms with Gasteiger partial charge < -0.3 is 9.84 Å². The Morgan fingerprint density at radius 1 is 1.75 bits per heavy atom. The second kappa shape index (κ2) is 2.44. The van der Waals surface area contributed by atoms with Crippen molar-refractivity contribution in [3.8, 4) is 0 Å². The Labute approximate surface area is 71.1 Å². The lowest BCUT2D eigenvalue weighted by atomic mass is 9.99. The molecule has 0 radical (unpaired) electrons. The van der Waals surface area contributed by atoms with Gasteiger partial charge in [-0.2, -0.15) is 0 Å². The molecule has 3 atom stereocenters. The van der Waals surface area contributed by atoms with Crippen LogP contribution in [0, 0.1) is 5.92 Å². The number of aliphatic hydroxyl groups is 1. The molecule has 2 rings (SSSR count). The van der Waals surface area contributed by atoms with Crippen LogP contribution in [0.25, 0.3) is 0 Å². The predicted octanol–water partition coefficient (Wildman–Crippen LogP) is -0.426. The lowest BCUT2D eigenvalue weighted by molar-refractivity contribution is -0.221. The summed E-state index contributed by atoms with van der Waals surface area (Å²) in [5, 5.41) is 9.87. The minimum Gasteiger partial charge on any atom is -0.432 e. The number of esters is 1. The number of ether oxygens (including phenoxy) is 1. The summed E-state index contributed by atoms with van der Waals surface area (Å²) in [4.78, 5) is 12.8. The fourth-order valence-corrected chi connectivity index (χ4v) is 2.16. The van der Waals surface area contributed by atoms with Crippen molar-refractivity contribution in [2.75, 3.05) is 19.6 Å². The fraction of sp³-hybridized carbons (Fsp3) is 0.875. The topological polar surface area (TPSA) is 49.8 Å². The van der Waals surface area contributed by atoms with Gasteiger partial charge in [-0.1, -0.05) is 0 Å². The molecule has 12 heavy (non-hydrogen) atoms. The number of carbonyl (C=O) groups excluding carboxylic acids is 1. The Morgan fingerprint density at radius 2 is 2.50 bits per heavy atom. The highest BCUT2D eigenvalue weighted by Crippen LogP contribution is 2.36. The molecule has 0 aromatic carbocycles. The van der Waals surface area contributed by atoms with Gasteiger partial charge >= 0.3 is 5.97 Å². The molecule has 0 saturated carbocycles. The Kier molecular flexibility index (Phi) is 1.63. The normalized spacial score (nSPS) is 44.8. The van der Waals surface area contributed by atoms with Crippen molar-refractivity contribution in [2.45, 2.75) is 19.1 Å². The molecule has 0 amide bonds. The van der Waals surface area contributed by atoms with Crippen LogP contribution in [0.15, 0.2) is 0 Å². The van der Waals surface area contributed by atoms with Gasteiger partial charge in [0.1, 0.15) is 0 Å². The molecule has 0 spiro atoms. The van der Waals surface area contributed by atoms with Crippen LogP contribution in [0.3, 0.4) is 0 Å². The van der Waals surface area contributed by atoms with Crippen molar-refractivity contribution < 1.29 is 14.6 Å². The quantitative estimate of drug-likeness (QED) is 0.430. The summed E-state index contributed by atoms with van der Waals surface area (Å²) < 4.78 is 4.91. The summed E-state index contributed by atoms with van der Waals surface area (Å²) in [7, 11) is 0. The summed E-state index contributed by atoms with van der Waals surface area (Å²) in [6, 6.07) is 0. The second-order valence-corrected chi connectivity index (χ2v) is 3.66. The first-order chi connectivity index (χ1) is 5.60. The molecular weight excluding hydrogens is 158 g/mol. The summed E-state index contributed by atoms with van der Waals surface area (Å²) in [6.07, 6.45) is 0.934. The smallest absolute Gasteiger partial charge is 0.305 e. The van der Waals surface area contributed by atoms with E-state index in [9.17, 15) is 9.90 Å². The zero-order valence-corrected chi connectivity index (χ0v) is 7.12. The van der Waals surface area contributed by atoms with Crippen molar-refractivity contribution in [2.24, 2.45) is 5.92 Å². The minimum atomic E-state index is -1.19. The number of hydrogen-bond donors (Lipinski definition) is 1. The van der Waals surface area contributed by atoms with E-state index in [0.29, 0.717) is 6.54 Å². The Bertz CT molecular complexity index is 218. The van der Waals surface area contributed by atoms with Gasteiger partial charge in [0.2, 0.25) is 5.79 Å². The van der Waals surface area contributed by atoms with Gasteiger partial charge in [-0.3, -0.25) is 9.69 Å². The molecule has 3 unspecified atom stereocenters. The molecule has 2 saturated heterocycles. The molecule has 2 heterocycles. The molecule has 68 valence electrons. The number of hydrogen-bond acceptors (Lipinski definition) is 4. The molecule has 0 aromatic rings. The van der Waals surface area contributed by atoms with Crippen LogP contribution in [-0.4, -0.2) is 41.4 Å². The van der Waals surface area contributed by atoms with Crippen molar-refractivity contribution in [3.05, 3.63) is 0 Å². The number of nitrogens with zero attached hydrogens (tertiary/aromatic N) is 1. The first-order valence-corrected chi connectivity index (χ1v) is 4.24. The standard InChI is InChI=1S/C8H13NO3/c1-6(10)12-8(11)5-9-3-2-7(8)4-9/h7,11H,2-5H2,1H3. The SMILES string of the molecule is CC(=O)OC1(O)CN2CCC1C2. The van der Waals surface area contributed by atoms with E-state index in [4.69, 9.17) is 4.74 Å². The predicted molar refractivity (Wildman–Crippen MR) is 41.3 cm³/mol. The number of piperidine rings is 1. The van der Waals surface area contributed by atoms with Gasteiger partial charge in [0.25, 0.3) is 0 Å². The summed E-state index contributed by atoms with van der Waals surface area (Å²) in [6.45, 7) is 3.70. The highest BCUT2D eigenvalue weighted by Gasteiger charge is 2.51.